The Labute approximate surface area is 295 Å². The van der Waals surface area contributed by atoms with Gasteiger partial charge in [0.2, 0.25) is 0 Å². The van der Waals surface area contributed by atoms with Gasteiger partial charge in [-0.05, 0) is 32.1 Å². The van der Waals surface area contributed by atoms with Gasteiger partial charge < -0.3 is 29.8 Å². The average molecular weight is 743 g/mol. The van der Waals surface area contributed by atoms with E-state index >= 15 is 0 Å². The molecule has 0 spiro atoms. The molecule has 10 nitrogen and oxygen atoms in total. The smallest absolute Gasteiger partial charge is 0.472 e. The number of carboxylic acids is 1. The number of phosphoric acid groups is 1. The molecule has 0 rings (SSSR count). The molecule has 15 heteroatoms. The Kier molecular flexibility index (Phi) is 41.2. The Balaban J connectivity index is -0.000000257. The first kappa shape index (κ1) is 52.1. The van der Waals surface area contributed by atoms with Crippen LogP contribution in [0, 0.1) is 0 Å². The predicted molar refractivity (Wildman–Crippen MR) is 201 cm³/mol. The van der Waals surface area contributed by atoms with E-state index in [2.05, 4.69) is 48.2 Å². The van der Waals surface area contributed by atoms with Crippen LogP contribution in [0.4, 0.5) is 0 Å². The summed E-state index contributed by atoms with van der Waals surface area (Å²) in [5.41, 5.74) is 0. The molecule has 0 heterocycles. The lowest BCUT2D eigenvalue weighted by Crippen LogP contribution is -2.37. The fraction of sp³-hybridized carbons (Fsp3) is 0.900. The monoisotopic (exact) mass is 742 g/mol. The van der Waals surface area contributed by atoms with Crippen LogP contribution in [0.5, 0.6) is 0 Å². The summed E-state index contributed by atoms with van der Waals surface area (Å²) in [6.45, 7) is 6.07. The Hall–Kier alpha value is 0.300. The van der Waals surface area contributed by atoms with Crippen LogP contribution >= 0.6 is 57.5 Å². The van der Waals surface area contributed by atoms with Gasteiger partial charge in [-0.25, -0.2) is 9.36 Å². The van der Waals surface area contributed by atoms with Crippen LogP contribution in [0.15, 0.2) is 0 Å². The quantitative estimate of drug-likeness (QED) is 0.0180. The highest BCUT2D eigenvalue weighted by molar-refractivity contribution is 8.11. The van der Waals surface area contributed by atoms with Crippen molar-refractivity contribution in [3.63, 3.8) is 0 Å². The van der Waals surface area contributed by atoms with Gasteiger partial charge in [0.15, 0.2) is 6.10 Å². The number of phosphoric ester groups is 1. The largest absolute Gasteiger partial charge is 0.479 e. The molecule has 272 valence electrons. The minimum Gasteiger partial charge on any atom is -0.479 e. The minimum absolute atomic E-state index is 0.0759. The number of nitrogens with zero attached hydrogens (tertiary/aromatic N) is 1. The van der Waals surface area contributed by atoms with Crippen LogP contribution in [-0.2, 0) is 18.4 Å². The normalized spacial score (nSPS) is 13.4. The summed E-state index contributed by atoms with van der Waals surface area (Å²) < 4.78 is 22.7. The number of carbonyl (C=O) groups is 1. The average Bonchev–Trinajstić information content (AvgIpc) is 2.94. The van der Waals surface area contributed by atoms with Crippen molar-refractivity contribution in [2.75, 3.05) is 47.5 Å². The van der Waals surface area contributed by atoms with Crippen LogP contribution in [0.2, 0.25) is 0 Å². The van der Waals surface area contributed by atoms with Gasteiger partial charge in [-0.15, -0.1) is 25.3 Å². The maximum absolute atomic E-state index is 11.2. The number of quaternary nitrogens is 1. The maximum atomic E-state index is 11.2. The molecule has 0 amide bonds. The molecule has 3 unspecified atom stereocenters. The van der Waals surface area contributed by atoms with Crippen molar-refractivity contribution in [3.8, 4) is 0 Å². The molecule has 0 aliphatic heterocycles. The number of carboxylic acid groups (broad SMARTS) is 1. The van der Waals surface area contributed by atoms with E-state index < -0.39 is 39.2 Å². The van der Waals surface area contributed by atoms with Crippen LogP contribution in [0.1, 0.15) is 117 Å². The molecule has 45 heavy (non-hydrogen) atoms. The number of hydrogen-bond donors (Lipinski definition) is 7. The zero-order chi connectivity index (χ0) is 35.7. The lowest BCUT2D eigenvalue weighted by Gasteiger charge is -2.24. The van der Waals surface area contributed by atoms with E-state index in [9.17, 15) is 9.36 Å². The third-order valence-electron chi connectivity index (χ3n) is 5.76. The molecule has 0 radical (unpaired) electrons. The third kappa shape index (κ3) is 54.0. The summed E-state index contributed by atoms with van der Waals surface area (Å²) in [5.74, 6) is -1.12. The number of unbranched alkanes of at least 4 members (excludes halogenated alkanes) is 9. The zero-order valence-corrected chi connectivity index (χ0v) is 32.9. The van der Waals surface area contributed by atoms with Gasteiger partial charge in [0.25, 0.3) is 0 Å². The van der Waals surface area contributed by atoms with Crippen molar-refractivity contribution < 1.29 is 48.2 Å². The zero-order valence-electron chi connectivity index (χ0n) is 28.6. The Morgan fingerprint density at radius 2 is 1.22 bits per heavy atom. The second-order valence-corrected chi connectivity index (χ2v) is 15.7. The van der Waals surface area contributed by atoms with Gasteiger partial charge in [-0.1, -0.05) is 109 Å². The summed E-state index contributed by atoms with van der Waals surface area (Å²) in [4.78, 5) is 19.1. The maximum Gasteiger partial charge on any atom is 0.472 e. The summed E-state index contributed by atoms with van der Waals surface area (Å²) in [5, 5.41) is 34.2. The summed E-state index contributed by atoms with van der Waals surface area (Å²) in [6, 6.07) is 0. The van der Waals surface area contributed by atoms with Crippen LogP contribution in [0.25, 0.3) is 0 Å². The molecular weight excluding hydrogens is 678 g/mol. The van der Waals surface area contributed by atoms with E-state index in [1.54, 1.807) is 0 Å². The van der Waals surface area contributed by atoms with E-state index in [4.69, 9.17) is 49.8 Å². The van der Waals surface area contributed by atoms with Crippen molar-refractivity contribution in [2.45, 2.75) is 129 Å². The number of hydrogen-bond acceptors (Lipinski definition) is 9. The van der Waals surface area contributed by atoms with Crippen molar-refractivity contribution in [1.82, 2.24) is 0 Å². The van der Waals surface area contributed by atoms with Gasteiger partial charge in [0, 0.05) is 8.39 Å². The first-order valence-corrected chi connectivity index (χ1v) is 19.1. The highest BCUT2D eigenvalue weighted by Crippen LogP contribution is 2.43. The highest BCUT2D eigenvalue weighted by Gasteiger charge is 2.23. The van der Waals surface area contributed by atoms with Crippen molar-refractivity contribution >= 4 is 71.9 Å². The van der Waals surface area contributed by atoms with E-state index in [0.29, 0.717) is 17.4 Å². The fourth-order valence-corrected chi connectivity index (χ4v) is 4.33. The van der Waals surface area contributed by atoms with E-state index in [-0.39, 0.29) is 6.61 Å². The number of thiocarbonyl (C=S) groups is 2. The molecule has 0 fully saturated rings. The first-order chi connectivity index (χ1) is 20.9. The molecule has 3 atom stereocenters. The van der Waals surface area contributed by atoms with Crippen molar-refractivity contribution in [2.24, 2.45) is 0 Å². The Bertz CT molecular complexity index is 735. The summed E-state index contributed by atoms with van der Waals surface area (Å²) >= 11 is 17.8. The lowest BCUT2D eigenvalue weighted by atomic mass is 10.1. The van der Waals surface area contributed by atoms with Gasteiger partial charge in [-0.2, -0.15) is 0 Å². The van der Waals surface area contributed by atoms with Gasteiger partial charge in [-0.3, -0.25) is 9.05 Å². The Morgan fingerprint density at radius 1 is 0.800 bits per heavy atom. The highest BCUT2D eigenvalue weighted by atomic mass is 32.1. The van der Waals surface area contributed by atoms with Crippen molar-refractivity contribution in [1.29, 1.82) is 0 Å². The Morgan fingerprint density at radius 3 is 1.56 bits per heavy atom. The van der Waals surface area contributed by atoms with Gasteiger partial charge in [0.1, 0.15) is 19.3 Å². The summed E-state index contributed by atoms with van der Waals surface area (Å²) in [7, 11) is 1.63. The molecule has 0 aromatic heterocycles. The third-order valence-corrected chi connectivity index (χ3v) is 7.60. The topological polar surface area (TPSA) is 154 Å². The van der Waals surface area contributed by atoms with Gasteiger partial charge in [0.05, 0.1) is 34.4 Å². The second kappa shape index (κ2) is 35.6. The number of thiol groups is 2. The number of aliphatic carboxylic acids is 1. The standard InChI is InChI=1S/C8H20NO6P.2C8H16S2.C6H12O3/c1-9(2,3)4-5-14-16(12,13)15-7-8(11)6-10;2*1-2-3-4-5-6-7-8(9)10;1-2-3-4-5(7)6(8)9/h8,10-11H,4-7H2,1-3H3;2*2-7H2,1H3,(H,9,10);5,7H,2-4H2,1H3,(H,8,9)/p+1. The summed E-state index contributed by atoms with van der Waals surface area (Å²) in [6.07, 6.45) is 14.9. The van der Waals surface area contributed by atoms with Gasteiger partial charge >= 0.3 is 13.8 Å². The minimum atomic E-state index is -4.13. The predicted octanol–water partition coefficient (Wildman–Crippen LogP) is 7.01. The molecule has 0 aliphatic carbocycles. The van der Waals surface area contributed by atoms with E-state index in [1.807, 2.05) is 28.1 Å². The number of aliphatic hydroxyl groups is 3. The molecule has 0 bridgehead atoms. The molecule has 0 saturated heterocycles. The molecule has 0 aromatic carbocycles. The molecule has 0 saturated carbocycles. The molecule has 0 aliphatic rings. The van der Waals surface area contributed by atoms with Crippen LogP contribution < -0.4 is 0 Å². The first-order valence-electron chi connectivity index (χ1n) is 15.9. The number of likely N-dealkylation sites (N-methyl/N-ethyl adjacent to an activating group) is 1. The lowest BCUT2D eigenvalue weighted by molar-refractivity contribution is -0.870. The van der Waals surface area contributed by atoms with E-state index in [1.165, 1.54) is 64.2 Å². The van der Waals surface area contributed by atoms with Crippen molar-refractivity contribution in [3.05, 3.63) is 0 Å². The van der Waals surface area contributed by atoms with Crippen LogP contribution in [0.3, 0.4) is 0 Å². The fourth-order valence-electron chi connectivity index (χ4n) is 2.98. The van der Waals surface area contributed by atoms with E-state index in [0.717, 1.165) is 34.1 Å². The second-order valence-electron chi connectivity index (χ2n) is 11.6. The molecule has 5 N–H and O–H groups in total. The van der Waals surface area contributed by atoms with Crippen LogP contribution in [-0.4, -0.2) is 104 Å². The SMILES string of the molecule is CCCCC(O)C(=O)O.CCCCCCCC(=S)S.CCCCCCCC(=S)S.C[N+](C)(C)CCOP(=O)(O)OCC(O)CO. The molecular formula is C30H65NO9PS4+. The number of aliphatic hydroxyl groups excluding tert-OH is 3. The molecule has 0 aromatic rings. The number of rotatable bonds is 24.